The molecule has 0 spiro atoms. The molecule has 1 heterocycles. The van der Waals surface area contributed by atoms with Gasteiger partial charge in [0, 0.05) is 35.6 Å². The molecule has 1 N–H and O–H groups in total. The first kappa shape index (κ1) is 18.8. The molecule has 144 valence electrons. The molecular formula is C23H28ClNO2. The molecule has 0 aromatic heterocycles. The highest BCUT2D eigenvalue weighted by atomic mass is 35.5. The van der Waals surface area contributed by atoms with Crippen LogP contribution in [0.5, 0.6) is 5.75 Å². The van der Waals surface area contributed by atoms with E-state index in [1.165, 1.54) is 12.0 Å². The largest absolute Gasteiger partial charge is 0.496 e. The number of piperidine rings is 1. The number of hydrogen-bond acceptors (Lipinski definition) is 3. The van der Waals surface area contributed by atoms with Crippen LogP contribution in [0.3, 0.4) is 0 Å². The maximum absolute atomic E-state index is 11.4. The number of nitrogens with zero attached hydrogens (tertiary/aromatic N) is 1. The summed E-state index contributed by atoms with van der Waals surface area (Å²) < 4.78 is 5.70. The van der Waals surface area contributed by atoms with Crippen LogP contribution in [0.15, 0.2) is 48.5 Å². The van der Waals surface area contributed by atoms with Crippen LogP contribution in [0, 0.1) is 5.92 Å². The van der Waals surface area contributed by atoms with Gasteiger partial charge in [0.1, 0.15) is 5.75 Å². The SMILES string of the molecule is COc1ccccc1[C@@H]1[C@H]2CCCC[C@@]2(O)CCN1Cc1ccccc1Cl. The van der Waals surface area contributed by atoms with Crippen molar-refractivity contribution in [1.82, 2.24) is 4.90 Å². The van der Waals surface area contributed by atoms with E-state index in [-0.39, 0.29) is 12.0 Å². The number of likely N-dealkylation sites (tertiary alicyclic amines) is 1. The summed E-state index contributed by atoms with van der Waals surface area (Å²) >= 11 is 6.46. The van der Waals surface area contributed by atoms with Crippen molar-refractivity contribution in [2.75, 3.05) is 13.7 Å². The van der Waals surface area contributed by atoms with E-state index in [0.717, 1.165) is 55.1 Å². The van der Waals surface area contributed by atoms with Crippen molar-refractivity contribution in [3.63, 3.8) is 0 Å². The standard InChI is InChI=1S/C23H28ClNO2/c1-27-21-12-5-3-9-18(21)22-19-10-6-7-13-23(19,26)14-15-25(22)16-17-8-2-4-11-20(17)24/h2-5,8-9,11-12,19,22,26H,6-7,10,13-16H2,1H3/t19-,22-,23-/m1/s1. The normalized spacial score (nSPS) is 28.6. The van der Waals surface area contributed by atoms with Crippen LogP contribution in [0.1, 0.15) is 49.3 Å². The summed E-state index contributed by atoms with van der Waals surface area (Å²) in [7, 11) is 1.73. The maximum Gasteiger partial charge on any atom is 0.123 e. The van der Waals surface area contributed by atoms with E-state index in [1.807, 2.05) is 30.3 Å². The molecule has 0 bridgehead atoms. The van der Waals surface area contributed by atoms with E-state index < -0.39 is 5.60 Å². The maximum atomic E-state index is 11.4. The Labute approximate surface area is 166 Å². The van der Waals surface area contributed by atoms with E-state index in [2.05, 4.69) is 23.1 Å². The average Bonchev–Trinajstić information content (AvgIpc) is 2.69. The molecule has 3 nitrogen and oxygen atoms in total. The van der Waals surface area contributed by atoms with Crippen LogP contribution in [-0.2, 0) is 6.54 Å². The zero-order valence-corrected chi connectivity index (χ0v) is 16.7. The van der Waals surface area contributed by atoms with Gasteiger partial charge >= 0.3 is 0 Å². The minimum Gasteiger partial charge on any atom is -0.496 e. The number of aliphatic hydroxyl groups is 1. The van der Waals surface area contributed by atoms with Gasteiger partial charge in [0.2, 0.25) is 0 Å². The van der Waals surface area contributed by atoms with Crippen LogP contribution in [0.25, 0.3) is 0 Å². The number of para-hydroxylation sites is 1. The van der Waals surface area contributed by atoms with Crippen LogP contribution in [-0.4, -0.2) is 29.3 Å². The number of benzene rings is 2. The molecule has 2 fully saturated rings. The molecule has 4 rings (SSSR count). The monoisotopic (exact) mass is 385 g/mol. The van der Waals surface area contributed by atoms with Gasteiger partial charge in [0.15, 0.2) is 0 Å². The quantitative estimate of drug-likeness (QED) is 0.783. The lowest BCUT2D eigenvalue weighted by Gasteiger charge is -2.53. The van der Waals surface area contributed by atoms with Crippen molar-refractivity contribution in [2.45, 2.75) is 50.3 Å². The van der Waals surface area contributed by atoms with E-state index in [0.29, 0.717) is 0 Å². The van der Waals surface area contributed by atoms with Gasteiger partial charge in [-0.1, -0.05) is 60.8 Å². The molecule has 1 aliphatic heterocycles. The molecule has 2 aromatic carbocycles. The summed E-state index contributed by atoms with van der Waals surface area (Å²) in [5.74, 6) is 1.13. The smallest absolute Gasteiger partial charge is 0.123 e. The number of rotatable bonds is 4. The third kappa shape index (κ3) is 3.61. The van der Waals surface area contributed by atoms with Crippen LogP contribution in [0.2, 0.25) is 5.02 Å². The third-order valence-corrected chi connectivity index (χ3v) is 6.83. The number of fused-ring (bicyclic) bond motifs is 1. The minimum atomic E-state index is -0.569. The minimum absolute atomic E-state index is 0.136. The fourth-order valence-electron chi connectivity index (χ4n) is 5.09. The van der Waals surface area contributed by atoms with Crippen molar-refractivity contribution in [1.29, 1.82) is 0 Å². The average molecular weight is 386 g/mol. The van der Waals surface area contributed by atoms with Crippen molar-refractivity contribution in [2.24, 2.45) is 5.92 Å². The van der Waals surface area contributed by atoms with Crippen molar-refractivity contribution < 1.29 is 9.84 Å². The second kappa shape index (κ2) is 7.83. The van der Waals surface area contributed by atoms with Gasteiger partial charge in [-0.15, -0.1) is 0 Å². The lowest BCUT2D eigenvalue weighted by Crippen LogP contribution is -2.54. The molecule has 1 saturated carbocycles. The molecule has 2 aliphatic rings. The summed E-state index contributed by atoms with van der Waals surface area (Å²) in [6.45, 7) is 1.65. The van der Waals surface area contributed by atoms with Gasteiger partial charge in [0.25, 0.3) is 0 Å². The zero-order chi connectivity index (χ0) is 18.9. The molecule has 27 heavy (non-hydrogen) atoms. The highest BCUT2D eigenvalue weighted by Crippen LogP contribution is 2.51. The fraction of sp³-hybridized carbons (Fsp3) is 0.478. The Kier molecular flexibility index (Phi) is 5.45. The second-order valence-electron chi connectivity index (χ2n) is 7.95. The summed E-state index contributed by atoms with van der Waals surface area (Å²) in [6.07, 6.45) is 5.09. The van der Waals surface area contributed by atoms with Crippen molar-refractivity contribution in [3.05, 3.63) is 64.7 Å². The predicted octanol–water partition coefficient (Wildman–Crippen LogP) is 5.22. The van der Waals surface area contributed by atoms with Crippen LogP contribution < -0.4 is 4.74 Å². The van der Waals surface area contributed by atoms with Crippen LogP contribution in [0.4, 0.5) is 0 Å². The molecule has 1 aliphatic carbocycles. The molecule has 0 unspecified atom stereocenters. The summed E-state index contributed by atoms with van der Waals surface area (Å²) in [5.41, 5.74) is 1.75. The lowest BCUT2D eigenvalue weighted by molar-refractivity contribution is -0.126. The van der Waals surface area contributed by atoms with Gasteiger partial charge in [0.05, 0.1) is 12.7 Å². The van der Waals surface area contributed by atoms with Gasteiger partial charge < -0.3 is 9.84 Å². The Morgan fingerprint density at radius 3 is 2.70 bits per heavy atom. The third-order valence-electron chi connectivity index (χ3n) is 6.46. The molecule has 2 aromatic rings. The first-order valence-corrected chi connectivity index (χ1v) is 10.3. The molecule has 0 radical (unpaired) electrons. The fourth-order valence-corrected chi connectivity index (χ4v) is 5.28. The van der Waals surface area contributed by atoms with Gasteiger partial charge in [-0.25, -0.2) is 0 Å². The second-order valence-corrected chi connectivity index (χ2v) is 8.36. The number of halogens is 1. The summed E-state index contributed by atoms with van der Waals surface area (Å²) in [4.78, 5) is 2.49. The van der Waals surface area contributed by atoms with Gasteiger partial charge in [-0.3, -0.25) is 4.90 Å². The molecule has 3 atom stereocenters. The molecular weight excluding hydrogens is 358 g/mol. The summed E-state index contributed by atoms with van der Waals surface area (Å²) in [5, 5.41) is 12.2. The van der Waals surface area contributed by atoms with E-state index >= 15 is 0 Å². The van der Waals surface area contributed by atoms with Crippen molar-refractivity contribution >= 4 is 11.6 Å². The Balaban J connectivity index is 1.74. The Morgan fingerprint density at radius 2 is 1.89 bits per heavy atom. The predicted molar refractivity (Wildman–Crippen MR) is 109 cm³/mol. The number of ether oxygens (including phenoxy) is 1. The van der Waals surface area contributed by atoms with Crippen molar-refractivity contribution in [3.8, 4) is 5.75 Å². The van der Waals surface area contributed by atoms with Crippen LogP contribution >= 0.6 is 11.6 Å². The molecule has 4 heteroatoms. The topological polar surface area (TPSA) is 32.7 Å². The van der Waals surface area contributed by atoms with Gasteiger partial charge in [-0.05, 0) is 37.0 Å². The Hall–Kier alpha value is -1.55. The lowest BCUT2D eigenvalue weighted by atomic mass is 9.66. The summed E-state index contributed by atoms with van der Waals surface area (Å²) in [6, 6.07) is 16.5. The highest BCUT2D eigenvalue weighted by molar-refractivity contribution is 6.31. The van der Waals surface area contributed by atoms with Gasteiger partial charge in [-0.2, -0.15) is 0 Å². The first-order chi connectivity index (χ1) is 13.1. The first-order valence-electron chi connectivity index (χ1n) is 9.95. The Morgan fingerprint density at radius 1 is 1.11 bits per heavy atom. The van der Waals surface area contributed by atoms with E-state index in [9.17, 15) is 5.11 Å². The molecule has 0 amide bonds. The highest BCUT2D eigenvalue weighted by Gasteiger charge is 2.49. The zero-order valence-electron chi connectivity index (χ0n) is 15.9. The Bertz CT molecular complexity index is 795. The van der Waals surface area contributed by atoms with E-state index in [4.69, 9.17) is 16.3 Å². The molecule has 1 saturated heterocycles. The number of methoxy groups -OCH3 is 1. The van der Waals surface area contributed by atoms with E-state index in [1.54, 1.807) is 7.11 Å². The number of hydrogen-bond donors (Lipinski definition) is 1.